The molecule has 0 N–H and O–H groups in total. The molecule has 1 aliphatic carbocycles. The highest BCUT2D eigenvalue weighted by Crippen LogP contribution is 2.48. The predicted octanol–water partition coefficient (Wildman–Crippen LogP) is 2.65. The highest BCUT2D eigenvalue weighted by molar-refractivity contribution is 6.62. The summed E-state index contributed by atoms with van der Waals surface area (Å²) in [6, 6.07) is 8.23. The Morgan fingerprint density at radius 1 is 1.17 bits per heavy atom. The number of rotatable bonds is 4. The lowest BCUT2D eigenvalue weighted by Gasteiger charge is -2.32. The normalized spacial score (nSPS) is 27.8. The zero-order valence-corrected chi connectivity index (χ0v) is 14.6. The molecule has 1 heterocycles. The third-order valence-electron chi connectivity index (χ3n) is 5.27. The summed E-state index contributed by atoms with van der Waals surface area (Å²) in [6.07, 6.45) is 0.884. The second kappa shape index (κ2) is 5.64. The number of benzene rings is 1. The van der Waals surface area contributed by atoms with Crippen molar-refractivity contribution in [2.75, 3.05) is 6.61 Å². The van der Waals surface area contributed by atoms with Gasteiger partial charge >= 0.3 is 13.1 Å². The SMILES string of the molecule is CCOC(=O)[C@H]1CC1c1ccc(B2OC(C)(C)C(C)(C)O2)cc1. The van der Waals surface area contributed by atoms with Crippen molar-refractivity contribution in [3.8, 4) is 0 Å². The van der Waals surface area contributed by atoms with Crippen molar-refractivity contribution in [1.82, 2.24) is 0 Å². The summed E-state index contributed by atoms with van der Waals surface area (Å²) in [7, 11) is -0.339. The molecule has 4 nitrogen and oxygen atoms in total. The molecule has 0 bridgehead atoms. The highest BCUT2D eigenvalue weighted by atomic mass is 16.7. The van der Waals surface area contributed by atoms with Gasteiger partial charge in [0.2, 0.25) is 0 Å². The van der Waals surface area contributed by atoms with Crippen molar-refractivity contribution in [3.63, 3.8) is 0 Å². The van der Waals surface area contributed by atoms with Gasteiger partial charge in [0.15, 0.2) is 0 Å². The first-order valence-corrected chi connectivity index (χ1v) is 8.37. The number of carbonyl (C=O) groups is 1. The zero-order chi connectivity index (χ0) is 16.8. The average molecular weight is 316 g/mol. The Kier molecular flexibility index (Phi) is 4.05. The van der Waals surface area contributed by atoms with Crippen LogP contribution < -0.4 is 5.46 Å². The molecule has 23 heavy (non-hydrogen) atoms. The van der Waals surface area contributed by atoms with Gasteiger partial charge in [0, 0.05) is 0 Å². The molecule has 1 aliphatic heterocycles. The van der Waals surface area contributed by atoms with Gasteiger partial charge in [0.05, 0.1) is 23.7 Å². The highest BCUT2D eigenvalue weighted by Gasteiger charge is 2.52. The summed E-state index contributed by atoms with van der Waals surface area (Å²) >= 11 is 0. The number of carbonyl (C=O) groups excluding carboxylic acids is 1. The van der Waals surface area contributed by atoms with E-state index in [1.54, 1.807) is 0 Å². The third-order valence-corrected chi connectivity index (χ3v) is 5.27. The zero-order valence-electron chi connectivity index (χ0n) is 14.6. The van der Waals surface area contributed by atoms with Gasteiger partial charge in [0.1, 0.15) is 0 Å². The second-order valence-corrected chi connectivity index (χ2v) is 7.46. The van der Waals surface area contributed by atoms with E-state index in [-0.39, 0.29) is 30.2 Å². The van der Waals surface area contributed by atoms with Gasteiger partial charge in [-0.15, -0.1) is 0 Å². The summed E-state index contributed by atoms with van der Waals surface area (Å²) in [5.74, 6) is 0.242. The molecule has 5 heteroatoms. The predicted molar refractivity (Wildman–Crippen MR) is 89.6 cm³/mol. The number of ether oxygens (including phenoxy) is 1. The first kappa shape index (κ1) is 16.5. The van der Waals surface area contributed by atoms with Crippen molar-refractivity contribution in [1.29, 1.82) is 0 Å². The fourth-order valence-electron chi connectivity index (χ4n) is 2.95. The summed E-state index contributed by atoms with van der Waals surface area (Å²) in [4.78, 5) is 11.7. The monoisotopic (exact) mass is 316 g/mol. The lowest BCUT2D eigenvalue weighted by atomic mass is 9.78. The van der Waals surface area contributed by atoms with Crippen LogP contribution in [0.4, 0.5) is 0 Å². The van der Waals surface area contributed by atoms with E-state index < -0.39 is 0 Å². The van der Waals surface area contributed by atoms with Crippen molar-refractivity contribution in [2.24, 2.45) is 5.92 Å². The van der Waals surface area contributed by atoms with Crippen LogP contribution >= 0.6 is 0 Å². The summed E-state index contributed by atoms with van der Waals surface area (Å²) < 4.78 is 17.2. The van der Waals surface area contributed by atoms with Crippen LogP contribution in [0.5, 0.6) is 0 Å². The van der Waals surface area contributed by atoms with Crippen LogP contribution in [-0.2, 0) is 18.8 Å². The summed E-state index contributed by atoms with van der Waals surface area (Å²) in [5, 5.41) is 0. The summed E-state index contributed by atoms with van der Waals surface area (Å²) in [5.41, 5.74) is 1.54. The van der Waals surface area contributed by atoms with E-state index in [1.807, 2.05) is 19.1 Å². The van der Waals surface area contributed by atoms with Gasteiger partial charge in [-0.1, -0.05) is 24.3 Å². The minimum absolute atomic E-state index is 0.0256. The molecule has 1 unspecified atom stereocenters. The van der Waals surface area contributed by atoms with Gasteiger partial charge in [0.25, 0.3) is 0 Å². The van der Waals surface area contributed by atoms with E-state index in [0.29, 0.717) is 12.5 Å². The molecule has 0 radical (unpaired) electrons. The van der Waals surface area contributed by atoms with Crippen molar-refractivity contribution in [3.05, 3.63) is 29.8 Å². The first-order chi connectivity index (χ1) is 10.7. The Bertz CT molecular complexity index is 578. The maximum absolute atomic E-state index is 11.7. The van der Waals surface area contributed by atoms with Gasteiger partial charge in [-0.25, -0.2) is 0 Å². The molecular formula is C18H25BO4. The smallest absolute Gasteiger partial charge is 0.466 e. The maximum atomic E-state index is 11.7. The molecule has 0 amide bonds. The minimum Gasteiger partial charge on any atom is -0.466 e. The van der Waals surface area contributed by atoms with Crippen LogP contribution in [0.1, 0.15) is 52.5 Å². The minimum atomic E-state index is -0.339. The van der Waals surface area contributed by atoms with E-state index in [0.717, 1.165) is 11.9 Å². The second-order valence-electron chi connectivity index (χ2n) is 7.46. The van der Waals surface area contributed by atoms with Crippen molar-refractivity contribution < 1.29 is 18.8 Å². The fourth-order valence-corrected chi connectivity index (χ4v) is 2.95. The third kappa shape index (κ3) is 3.04. The topological polar surface area (TPSA) is 44.8 Å². The van der Waals surface area contributed by atoms with Crippen molar-refractivity contribution in [2.45, 2.75) is 58.2 Å². The van der Waals surface area contributed by atoms with E-state index in [9.17, 15) is 4.79 Å². The van der Waals surface area contributed by atoms with E-state index in [4.69, 9.17) is 14.0 Å². The molecule has 0 aromatic heterocycles. The lowest BCUT2D eigenvalue weighted by molar-refractivity contribution is -0.144. The molecular weight excluding hydrogens is 291 g/mol. The van der Waals surface area contributed by atoms with Gasteiger partial charge in [-0.05, 0) is 58.0 Å². The fraction of sp³-hybridized carbons (Fsp3) is 0.611. The Morgan fingerprint density at radius 2 is 1.74 bits per heavy atom. The first-order valence-electron chi connectivity index (χ1n) is 8.37. The number of hydrogen-bond acceptors (Lipinski definition) is 4. The average Bonchev–Trinajstić information content (AvgIpc) is 3.23. The van der Waals surface area contributed by atoms with Gasteiger partial charge in [-0.2, -0.15) is 0 Å². The molecule has 2 atom stereocenters. The molecule has 1 saturated heterocycles. The van der Waals surface area contributed by atoms with Crippen LogP contribution in [0.2, 0.25) is 0 Å². The lowest BCUT2D eigenvalue weighted by Crippen LogP contribution is -2.41. The molecule has 124 valence electrons. The largest absolute Gasteiger partial charge is 0.494 e. The van der Waals surface area contributed by atoms with Crippen LogP contribution in [-0.4, -0.2) is 30.9 Å². The van der Waals surface area contributed by atoms with Crippen LogP contribution in [0.15, 0.2) is 24.3 Å². The number of hydrogen-bond donors (Lipinski definition) is 0. The van der Waals surface area contributed by atoms with Crippen LogP contribution in [0.3, 0.4) is 0 Å². The van der Waals surface area contributed by atoms with E-state index in [1.165, 1.54) is 5.56 Å². The quantitative estimate of drug-likeness (QED) is 0.633. The molecule has 1 aromatic rings. The molecule has 2 fully saturated rings. The maximum Gasteiger partial charge on any atom is 0.494 e. The Morgan fingerprint density at radius 3 is 2.26 bits per heavy atom. The molecule has 0 spiro atoms. The van der Waals surface area contributed by atoms with E-state index >= 15 is 0 Å². The van der Waals surface area contributed by atoms with Gasteiger partial charge < -0.3 is 14.0 Å². The summed E-state index contributed by atoms with van der Waals surface area (Å²) in [6.45, 7) is 10.5. The van der Waals surface area contributed by atoms with Crippen LogP contribution in [0, 0.1) is 5.92 Å². The van der Waals surface area contributed by atoms with Crippen LogP contribution in [0.25, 0.3) is 0 Å². The molecule has 1 aromatic carbocycles. The number of esters is 1. The Balaban J connectivity index is 1.67. The Labute approximate surface area is 138 Å². The molecule has 3 rings (SSSR count). The van der Waals surface area contributed by atoms with E-state index in [2.05, 4.69) is 39.8 Å². The molecule has 2 aliphatic rings. The Hall–Kier alpha value is -1.33. The molecule has 1 saturated carbocycles. The van der Waals surface area contributed by atoms with Crippen molar-refractivity contribution >= 4 is 18.6 Å². The standard InChI is InChI=1S/C18H25BO4/c1-6-21-16(20)15-11-14(15)12-7-9-13(10-8-12)19-22-17(2,3)18(4,5)23-19/h7-10,14-15H,6,11H2,1-5H3/t14?,15-/m0/s1. The van der Waals surface area contributed by atoms with Gasteiger partial charge in [-0.3, -0.25) is 4.79 Å².